The smallest absolute Gasteiger partial charge is 0.267 e. The number of carbonyl (C=O) groups excluding carboxylic acids is 1. The first-order valence-corrected chi connectivity index (χ1v) is 12.3. The molecule has 0 bridgehead atoms. The second-order valence-electron chi connectivity index (χ2n) is 7.66. The Labute approximate surface area is 198 Å². The Balaban J connectivity index is 1.54. The average molecular weight is 476 g/mol. The lowest BCUT2D eigenvalue weighted by Gasteiger charge is -2.13. The van der Waals surface area contributed by atoms with Crippen LogP contribution in [0.3, 0.4) is 0 Å². The lowest BCUT2D eigenvalue weighted by atomic mass is 10.2. The number of thiophene rings is 1. The van der Waals surface area contributed by atoms with Crippen LogP contribution in [0.15, 0.2) is 76.0 Å². The lowest BCUT2D eigenvalue weighted by molar-refractivity contribution is -0.119. The molecule has 1 N–H and O–H groups in total. The molecule has 7 nitrogen and oxygen atoms in total. The van der Waals surface area contributed by atoms with Crippen molar-refractivity contribution in [2.45, 2.75) is 25.0 Å². The van der Waals surface area contributed by atoms with Crippen LogP contribution in [0.5, 0.6) is 0 Å². The summed E-state index contributed by atoms with van der Waals surface area (Å²) in [6, 6.07) is 19.0. The molecule has 1 amide bonds. The van der Waals surface area contributed by atoms with Crippen molar-refractivity contribution in [2.75, 3.05) is 5.75 Å². The topological polar surface area (TPSA) is 81.3 Å². The molecule has 1 atom stereocenters. The SMILES string of the molecule is Cc1ccccc1-n1c(=O)c2ccccc2n2c(SCC(=O)NC(C)c3cccs3)nnc12. The first-order valence-electron chi connectivity index (χ1n) is 10.4. The Morgan fingerprint density at radius 2 is 1.88 bits per heavy atom. The highest BCUT2D eigenvalue weighted by Crippen LogP contribution is 2.24. The molecule has 9 heteroatoms. The van der Waals surface area contributed by atoms with E-state index in [2.05, 4.69) is 15.5 Å². The molecule has 1 unspecified atom stereocenters. The van der Waals surface area contributed by atoms with Gasteiger partial charge in [-0.2, -0.15) is 0 Å². The van der Waals surface area contributed by atoms with E-state index in [0.29, 0.717) is 21.8 Å². The standard InChI is InChI=1S/C24H21N5O2S2/c1-15-8-3-5-10-18(15)28-22(31)17-9-4-6-11-19(17)29-23(28)26-27-24(29)33-14-21(30)25-16(2)20-12-7-13-32-20/h3-13,16H,14H2,1-2H3,(H,25,30). The van der Waals surface area contributed by atoms with Crippen LogP contribution >= 0.6 is 23.1 Å². The van der Waals surface area contributed by atoms with Crippen LogP contribution in [0.2, 0.25) is 0 Å². The van der Waals surface area contributed by atoms with E-state index in [-0.39, 0.29) is 23.3 Å². The molecule has 0 aliphatic heterocycles. The van der Waals surface area contributed by atoms with Gasteiger partial charge in [-0.1, -0.05) is 48.2 Å². The minimum absolute atomic E-state index is 0.0553. The van der Waals surface area contributed by atoms with Gasteiger partial charge in [-0.25, -0.2) is 4.57 Å². The van der Waals surface area contributed by atoms with E-state index in [0.717, 1.165) is 16.1 Å². The van der Waals surface area contributed by atoms with Gasteiger partial charge in [-0.3, -0.25) is 14.0 Å². The molecule has 0 fully saturated rings. The van der Waals surface area contributed by atoms with Gasteiger partial charge in [0.25, 0.3) is 5.56 Å². The molecular weight excluding hydrogens is 454 g/mol. The van der Waals surface area contributed by atoms with Crippen LogP contribution in [-0.4, -0.2) is 30.8 Å². The molecular formula is C24H21N5O2S2. The number of hydrogen-bond donors (Lipinski definition) is 1. The predicted molar refractivity (Wildman–Crippen MR) is 132 cm³/mol. The van der Waals surface area contributed by atoms with Crippen molar-refractivity contribution in [1.82, 2.24) is 24.5 Å². The fourth-order valence-corrected chi connectivity index (χ4v) is 5.31. The largest absolute Gasteiger partial charge is 0.348 e. The number of para-hydroxylation sites is 2. The van der Waals surface area contributed by atoms with Crippen LogP contribution in [0.1, 0.15) is 23.4 Å². The molecule has 0 spiro atoms. The Kier molecular flexibility index (Phi) is 5.74. The third kappa shape index (κ3) is 3.94. The van der Waals surface area contributed by atoms with Crippen molar-refractivity contribution < 1.29 is 4.79 Å². The van der Waals surface area contributed by atoms with Gasteiger partial charge in [0, 0.05) is 4.88 Å². The average Bonchev–Trinajstić information content (AvgIpc) is 3.50. The van der Waals surface area contributed by atoms with Crippen LogP contribution in [0.25, 0.3) is 22.4 Å². The van der Waals surface area contributed by atoms with Crippen LogP contribution < -0.4 is 10.9 Å². The zero-order valence-corrected chi connectivity index (χ0v) is 19.7. The number of aromatic nitrogens is 4. The normalized spacial score (nSPS) is 12.3. The van der Waals surface area contributed by atoms with E-state index >= 15 is 0 Å². The number of amides is 1. The van der Waals surface area contributed by atoms with Gasteiger partial charge in [-0.05, 0) is 49.1 Å². The molecule has 0 saturated heterocycles. The third-order valence-corrected chi connectivity index (χ3v) is 7.41. The number of benzene rings is 2. The summed E-state index contributed by atoms with van der Waals surface area (Å²) >= 11 is 2.91. The van der Waals surface area contributed by atoms with Crippen molar-refractivity contribution in [1.29, 1.82) is 0 Å². The monoisotopic (exact) mass is 475 g/mol. The van der Waals surface area contributed by atoms with E-state index in [1.54, 1.807) is 22.0 Å². The molecule has 3 aromatic heterocycles. The van der Waals surface area contributed by atoms with Crippen molar-refractivity contribution in [3.8, 4) is 5.69 Å². The molecule has 3 heterocycles. The van der Waals surface area contributed by atoms with Crippen molar-refractivity contribution in [3.63, 3.8) is 0 Å². The summed E-state index contributed by atoms with van der Waals surface area (Å²) in [5.74, 6) is 0.519. The highest BCUT2D eigenvalue weighted by molar-refractivity contribution is 7.99. The number of nitrogens with zero attached hydrogens (tertiary/aromatic N) is 4. The Morgan fingerprint density at radius 1 is 1.09 bits per heavy atom. The fraction of sp³-hybridized carbons (Fsp3) is 0.167. The summed E-state index contributed by atoms with van der Waals surface area (Å²) in [7, 11) is 0. The Hall–Kier alpha value is -3.43. The van der Waals surface area contributed by atoms with Crippen molar-refractivity contribution >= 4 is 45.7 Å². The summed E-state index contributed by atoms with van der Waals surface area (Å²) < 4.78 is 3.44. The number of aryl methyl sites for hydroxylation is 1. The quantitative estimate of drug-likeness (QED) is 0.369. The minimum Gasteiger partial charge on any atom is -0.348 e. The zero-order valence-electron chi connectivity index (χ0n) is 18.1. The molecule has 0 saturated carbocycles. The van der Waals surface area contributed by atoms with E-state index < -0.39 is 0 Å². The maximum absolute atomic E-state index is 13.4. The van der Waals surface area contributed by atoms with E-state index in [4.69, 9.17) is 0 Å². The summed E-state index contributed by atoms with van der Waals surface area (Å²) in [4.78, 5) is 27.1. The Bertz CT molecular complexity index is 1520. The van der Waals surface area contributed by atoms with Gasteiger partial charge in [0.15, 0.2) is 5.16 Å². The molecule has 0 aliphatic carbocycles. The third-order valence-electron chi connectivity index (χ3n) is 5.43. The number of fused-ring (bicyclic) bond motifs is 3. The van der Waals surface area contributed by atoms with Gasteiger partial charge >= 0.3 is 0 Å². The first kappa shape index (κ1) is 21.4. The van der Waals surface area contributed by atoms with Crippen molar-refractivity contribution in [3.05, 3.63) is 86.8 Å². The van der Waals surface area contributed by atoms with Crippen LogP contribution in [0.4, 0.5) is 0 Å². The van der Waals surface area contributed by atoms with Crippen LogP contribution in [-0.2, 0) is 4.79 Å². The maximum atomic E-state index is 13.4. The summed E-state index contributed by atoms with van der Waals surface area (Å²) in [5.41, 5.74) is 2.27. The molecule has 5 aromatic rings. The maximum Gasteiger partial charge on any atom is 0.267 e. The number of hydrogen-bond acceptors (Lipinski definition) is 6. The second kappa shape index (κ2) is 8.84. The van der Waals surface area contributed by atoms with Crippen molar-refractivity contribution in [2.24, 2.45) is 0 Å². The van der Waals surface area contributed by atoms with Gasteiger partial charge < -0.3 is 5.32 Å². The highest BCUT2D eigenvalue weighted by atomic mass is 32.2. The number of nitrogens with one attached hydrogen (secondary N) is 1. The molecule has 2 aromatic carbocycles. The zero-order chi connectivity index (χ0) is 22.9. The summed E-state index contributed by atoms with van der Waals surface area (Å²) in [6.07, 6.45) is 0. The van der Waals surface area contributed by atoms with Crippen LogP contribution in [0, 0.1) is 6.92 Å². The second-order valence-corrected chi connectivity index (χ2v) is 9.58. The molecule has 0 aliphatic rings. The van der Waals surface area contributed by atoms with Gasteiger partial charge in [0.2, 0.25) is 11.7 Å². The van der Waals surface area contributed by atoms with Gasteiger partial charge in [0.05, 0.1) is 28.4 Å². The first-order chi connectivity index (χ1) is 16.0. The predicted octanol–water partition coefficient (Wildman–Crippen LogP) is 4.37. The number of rotatable bonds is 6. The fourth-order valence-electron chi connectivity index (χ4n) is 3.83. The van der Waals surface area contributed by atoms with Gasteiger partial charge in [0.1, 0.15) is 0 Å². The molecule has 5 rings (SSSR count). The van der Waals surface area contributed by atoms with E-state index in [9.17, 15) is 9.59 Å². The van der Waals surface area contributed by atoms with E-state index in [1.807, 2.05) is 78.2 Å². The Morgan fingerprint density at radius 3 is 2.67 bits per heavy atom. The molecule has 33 heavy (non-hydrogen) atoms. The summed E-state index contributed by atoms with van der Waals surface area (Å²) in [5, 5.41) is 14.8. The molecule has 0 radical (unpaired) electrons. The minimum atomic E-state index is -0.154. The molecule has 166 valence electrons. The summed E-state index contributed by atoms with van der Waals surface area (Å²) in [6.45, 7) is 3.92. The highest BCUT2D eigenvalue weighted by Gasteiger charge is 2.19. The number of carbonyl (C=O) groups is 1. The lowest BCUT2D eigenvalue weighted by Crippen LogP contribution is -2.27. The number of thioether (sulfide) groups is 1. The van der Waals surface area contributed by atoms with Gasteiger partial charge in [-0.15, -0.1) is 21.5 Å². The van der Waals surface area contributed by atoms with E-state index in [1.165, 1.54) is 11.8 Å².